The van der Waals surface area contributed by atoms with Crippen molar-refractivity contribution >= 4 is 21.1 Å². The van der Waals surface area contributed by atoms with Gasteiger partial charge in [0, 0.05) is 33.3 Å². The van der Waals surface area contributed by atoms with E-state index in [1.165, 1.54) is 16.6 Å². The first-order valence-electron chi connectivity index (χ1n) is 12.1. The summed E-state index contributed by atoms with van der Waals surface area (Å²) in [5.41, 5.74) is 1.18. The molecule has 1 fully saturated rings. The minimum Gasteiger partial charge on any atom is -0.477 e. The largest absolute Gasteiger partial charge is 0.477 e. The zero-order valence-corrected chi connectivity index (χ0v) is 22.1. The molecule has 36 heavy (non-hydrogen) atoms. The van der Waals surface area contributed by atoms with Gasteiger partial charge in [0.1, 0.15) is 22.5 Å². The van der Waals surface area contributed by atoms with Crippen LogP contribution in [-0.4, -0.2) is 88.8 Å². The Morgan fingerprint density at radius 3 is 2.47 bits per heavy atom. The molecule has 0 amide bonds. The summed E-state index contributed by atoms with van der Waals surface area (Å²) in [5.74, 6) is 0.348. The van der Waals surface area contributed by atoms with Crippen molar-refractivity contribution in [1.29, 1.82) is 0 Å². The van der Waals surface area contributed by atoms with Crippen LogP contribution in [0, 0.1) is 0 Å². The lowest BCUT2D eigenvalue weighted by molar-refractivity contribution is 0.0484. The molecular weight excluding hydrogens is 486 g/mol. The van der Waals surface area contributed by atoms with Crippen LogP contribution in [0.4, 0.5) is 0 Å². The van der Waals surface area contributed by atoms with Crippen molar-refractivity contribution in [3.8, 4) is 17.3 Å². The van der Waals surface area contributed by atoms with E-state index in [0.717, 1.165) is 12.2 Å². The second-order valence-electron chi connectivity index (χ2n) is 8.49. The van der Waals surface area contributed by atoms with Gasteiger partial charge in [-0.1, -0.05) is 13.8 Å². The summed E-state index contributed by atoms with van der Waals surface area (Å²) < 4.78 is 41.0. The molecule has 1 saturated heterocycles. The van der Waals surface area contributed by atoms with Gasteiger partial charge in [-0.2, -0.15) is 9.40 Å². The average Bonchev–Trinajstić information content (AvgIpc) is 3.27. The number of methoxy groups -OCH3 is 1. The number of nitrogens with one attached hydrogen (secondary N) is 1. The van der Waals surface area contributed by atoms with E-state index >= 15 is 0 Å². The summed E-state index contributed by atoms with van der Waals surface area (Å²) in [6.45, 7) is 10.9. The number of fused-ring (bicyclic) bond motifs is 1. The van der Waals surface area contributed by atoms with E-state index in [4.69, 9.17) is 9.47 Å². The average molecular weight is 520 g/mol. The van der Waals surface area contributed by atoms with Crippen LogP contribution in [0.5, 0.6) is 5.88 Å². The van der Waals surface area contributed by atoms with Gasteiger partial charge >= 0.3 is 0 Å². The number of rotatable bonds is 9. The molecule has 1 N–H and O–H groups in total. The molecule has 3 aromatic heterocycles. The maximum atomic E-state index is 13.4. The standard InChI is InChI=1S/C23H33N7O5S/c1-6-18-19-20(27-30(18)15(4)34-5)22(31)26-21(25-19)17-13-16(14-24-23(17)35-8-3)36(32,33)29-11-9-28(7-2)10-12-29/h13-15H,6-12H2,1-5H3,(H,25,26,31). The number of sulfonamides is 1. The summed E-state index contributed by atoms with van der Waals surface area (Å²) in [6, 6.07) is 1.47. The van der Waals surface area contributed by atoms with Crippen molar-refractivity contribution in [1.82, 2.24) is 33.9 Å². The van der Waals surface area contributed by atoms with Crippen LogP contribution in [0.25, 0.3) is 22.4 Å². The summed E-state index contributed by atoms with van der Waals surface area (Å²) in [4.78, 5) is 27.0. The van der Waals surface area contributed by atoms with E-state index in [-0.39, 0.29) is 28.3 Å². The van der Waals surface area contributed by atoms with Gasteiger partial charge in [-0.25, -0.2) is 23.1 Å². The number of aromatic nitrogens is 5. The van der Waals surface area contributed by atoms with E-state index in [0.29, 0.717) is 50.3 Å². The van der Waals surface area contributed by atoms with E-state index in [1.807, 2.05) is 13.8 Å². The molecule has 0 saturated carbocycles. The summed E-state index contributed by atoms with van der Waals surface area (Å²) in [7, 11) is -2.23. The fraction of sp³-hybridized carbons (Fsp3) is 0.565. The molecule has 196 valence electrons. The SMILES string of the molecule is CCOc1ncc(S(=O)(=O)N2CCN(CC)CC2)cc1-c1nc2c(CC)n(C(C)OC)nc2c(=O)[nH]1. The van der Waals surface area contributed by atoms with Gasteiger partial charge < -0.3 is 19.4 Å². The van der Waals surface area contributed by atoms with Crippen LogP contribution in [0.3, 0.4) is 0 Å². The molecule has 1 aliphatic rings. The first-order chi connectivity index (χ1) is 17.2. The summed E-state index contributed by atoms with van der Waals surface area (Å²) in [6.07, 6.45) is 1.47. The van der Waals surface area contributed by atoms with Crippen molar-refractivity contribution in [2.24, 2.45) is 0 Å². The molecule has 0 bridgehead atoms. The van der Waals surface area contributed by atoms with E-state index in [2.05, 4.69) is 31.9 Å². The molecule has 4 heterocycles. The van der Waals surface area contributed by atoms with Gasteiger partial charge in [0.05, 0.1) is 24.1 Å². The molecule has 0 radical (unpaired) electrons. The van der Waals surface area contributed by atoms with Crippen LogP contribution in [0.2, 0.25) is 0 Å². The lowest BCUT2D eigenvalue weighted by atomic mass is 10.2. The Hall–Kier alpha value is -2.87. The van der Waals surface area contributed by atoms with Crippen molar-refractivity contribution in [3.05, 3.63) is 28.3 Å². The lowest BCUT2D eigenvalue weighted by Gasteiger charge is -2.33. The van der Waals surface area contributed by atoms with Gasteiger partial charge in [-0.3, -0.25) is 4.79 Å². The number of hydrogen-bond donors (Lipinski definition) is 1. The lowest BCUT2D eigenvalue weighted by Crippen LogP contribution is -2.48. The molecule has 3 aromatic rings. The highest BCUT2D eigenvalue weighted by Gasteiger charge is 2.30. The third-order valence-electron chi connectivity index (χ3n) is 6.45. The Morgan fingerprint density at radius 2 is 1.86 bits per heavy atom. The number of piperazine rings is 1. The van der Waals surface area contributed by atoms with Gasteiger partial charge in [-0.05, 0) is 32.9 Å². The number of nitrogens with zero attached hydrogens (tertiary/aromatic N) is 6. The van der Waals surface area contributed by atoms with E-state index in [1.54, 1.807) is 18.7 Å². The first kappa shape index (κ1) is 26.2. The number of pyridine rings is 1. The highest BCUT2D eigenvalue weighted by Crippen LogP contribution is 2.30. The minimum atomic E-state index is -3.80. The second kappa shape index (κ2) is 10.6. The van der Waals surface area contributed by atoms with Crippen LogP contribution < -0.4 is 10.3 Å². The van der Waals surface area contributed by atoms with Crippen LogP contribution in [-0.2, 0) is 21.2 Å². The third-order valence-corrected chi connectivity index (χ3v) is 8.32. The fourth-order valence-electron chi connectivity index (χ4n) is 4.33. The van der Waals surface area contributed by atoms with Crippen LogP contribution >= 0.6 is 0 Å². The van der Waals surface area contributed by atoms with Crippen molar-refractivity contribution in [2.45, 2.75) is 45.2 Å². The molecule has 1 atom stereocenters. The number of aryl methyl sites for hydroxylation is 1. The monoisotopic (exact) mass is 519 g/mol. The summed E-state index contributed by atoms with van der Waals surface area (Å²) in [5, 5.41) is 4.41. The van der Waals surface area contributed by atoms with Gasteiger partial charge in [0.25, 0.3) is 5.56 Å². The maximum absolute atomic E-state index is 13.4. The first-order valence-corrected chi connectivity index (χ1v) is 13.6. The predicted molar refractivity (Wildman–Crippen MR) is 135 cm³/mol. The van der Waals surface area contributed by atoms with Crippen molar-refractivity contribution in [3.63, 3.8) is 0 Å². The molecule has 0 spiro atoms. The van der Waals surface area contributed by atoms with E-state index in [9.17, 15) is 13.2 Å². The molecule has 12 nitrogen and oxygen atoms in total. The Labute approximate surface area is 210 Å². The third kappa shape index (κ3) is 4.75. The predicted octanol–water partition coefficient (Wildman–Crippen LogP) is 1.63. The molecule has 13 heteroatoms. The fourth-order valence-corrected chi connectivity index (χ4v) is 5.72. The van der Waals surface area contributed by atoms with Gasteiger partial charge in [-0.15, -0.1) is 0 Å². The van der Waals surface area contributed by atoms with E-state index < -0.39 is 15.6 Å². The number of aromatic amines is 1. The van der Waals surface area contributed by atoms with Crippen molar-refractivity contribution < 1.29 is 17.9 Å². The number of hydrogen-bond acceptors (Lipinski definition) is 9. The number of likely N-dealkylation sites (N-methyl/N-ethyl adjacent to an activating group) is 1. The number of ether oxygens (including phenoxy) is 2. The minimum absolute atomic E-state index is 0.0214. The zero-order valence-electron chi connectivity index (χ0n) is 21.3. The Bertz CT molecular complexity index is 1390. The Kier molecular flexibility index (Phi) is 7.73. The highest BCUT2D eigenvalue weighted by molar-refractivity contribution is 7.89. The summed E-state index contributed by atoms with van der Waals surface area (Å²) >= 11 is 0. The van der Waals surface area contributed by atoms with Crippen LogP contribution in [0.1, 0.15) is 39.6 Å². The zero-order chi connectivity index (χ0) is 26.0. The second-order valence-corrected chi connectivity index (χ2v) is 10.4. The van der Waals surface area contributed by atoms with Crippen LogP contribution in [0.15, 0.2) is 22.0 Å². The molecule has 0 aliphatic carbocycles. The Morgan fingerprint density at radius 1 is 1.14 bits per heavy atom. The quantitative estimate of drug-likeness (QED) is 0.447. The van der Waals surface area contributed by atoms with Gasteiger partial charge in [0.15, 0.2) is 5.52 Å². The normalized spacial score (nSPS) is 16.5. The molecule has 1 unspecified atom stereocenters. The molecule has 4 rings (SSSR count). The van der Waals surface area contributed by atoms with Crippen molar-refractivity contribution in [2.75, 3.05) is 46.4 Å². The highest BCUT2D eigenvalue weighted by atomic mass is 32.2. The Balaban J connectivity index is 1.83. The topological polar surface area (TPSA) is 136 Å². The van der Waals surface area contributed by atoms with Gasteiger partial charge in [0.2, 0.25) is 15.9 Å². The molecular formula is C23H33N7O5S. The molecule has 1 aliphatic heterocycles. The maximum Gasteiger partial charge on any atom is 0.279 e. The number of H-pyrrole nitrogens is 1. The smallest absolute Gasteiger partial charge is 0.279 e. The molecule has 0 aromatic carbocycles.